The quantitative estimate of drug-likeness (QED) is 0.865. The lowest BCUT2D eigenvalue weighted by Gasteiger charge is -2.43. The Kier molecular flexibility index (Phi) is 5.80. The summed E-state index contributed by atoms with van der Waals surface area (Å²) >= 11 is 12.2. The van der Waals surface area contributed by atoms with Gasteiger partial charge in [0.25, 0.3) is 0 Å². The molecule has 1 aliphatic heterocycles. The topological polar surface area (TPSA) is 32.7 Å². The summed E-state index contributed by atoms with van der Waals surface area (Å²) in [7, 11) is 0. The summed E-state index contributed by atoms with van der Waals surface area (Å²) in [5.74, 6) is 0. The Labute approximate surface area is 152 Å². The lowest BCUT2D eigenvalue weighted by atomic mass is 9.88. The number of halogens is 2. The van der Waals surface area contributed by atoms with Gasteiger partial charge < -0.3 is 9.84 Å². The molecule has 5 heteroatoms. The molecule has 1 unspecified atom stereocenters. The van der Waals surface area contributed by atoms with Crippen LogP contribution in [-0.4, -0.2) is 36.3 Å². The second-order valence-corrected chi connectivity index (χ2v) is 6.96. The highest BCUT2D eigenvalue weighted by molar-refractivity contribution is 6.42. The maximum Gasteiger partial charge on any atom is 0.108 e. The summed E-state index contributed by atoms with van der Waals surface area (Å²) in [6, 6.07) is 16.0. The van der Waals surface area contributed by atoms with E-state index in [0.29, 0.717) is 29.6 Å². The van der Waals surface area contributed by atoms with Gasteiger partial charge in [-0.1, -0.05) is 59.6 Å². The van der Waals surface area contributed by atoms with E-state index in [9.17, 15) is 5.11 Å². The lowest BCUT2D eigenvalue weighted by Crippen LogP contribution is -2.50. The number of rotatable bonds is 5. The first-order chi connectivity index (χ1) is 11.6. The van der Waals surface area contributed by atoms with Gasteiger partial charge in [0.2, 0.25) is 0 Å². The third-order valence-electron chi connectivity index (χ3n) is 4.48. The van der Waals surface area contributed by atoms with Gasteiger partial charge in [0.15, 0.2) is 0 Å². The van der Waals surface area contributed by atoms with Gasteiger partial charge in [-0.2, -0.15) is 0 Å². The molecule has 1 N–H and O–H groups in total. The van der Waals surface area contributed by atoms with Crippen molar-refractivity contribution < 1.29 is 9.84 Å². The lowest BCUT2D eigenvalue weighted by molar-refractivity contribution is -0.126. The van der Waals surface area contributed by atoms with Crippen molar-refractivity contribution in [1.29, 1.82) is 0 Å². The van der Waals surface area contributed by atoms with Crippen LogP contribution in [0.2, 0.25) is 10.0 Å². The summed E-state index contributed by atoms with van der Waals surface area (Å²) in [6.07, 6.45) is 0.524. The first kappa shape index (κ1) is 17.7. The average Bonchev–Trinajstić information content (AvgIpc) is 2.59. The Hall–Kier alpha value is -1.10. The van der Waals surface area contributed by atoms with E-state index in [-0.39, 0.29) is 6.61 Å². The SMILES string of the molecule is OCCC1(c2ccc(Cl)c(Cl)c2)CN(Cc2ccccc2)CCO1. The van der Waals surface area contributed by atoms with Crippen LogP contribution in [0.5, 0.6) is 0 Å². The van der Waals surface area contributed by atoms with Crippen LogP contribution in [0.4, 0.5) is 0 Å². The molecule has 0 radical (unpaired) electrons. The van der Waals surface area contributed by atoms with Gasteiger partial charge in [0, 0.05) is 32.7 Å². The Morgan fingerprint density at radius 2 is 1.88 bits per heavy atom. The van der Waals surface area contributed by atoms with E-state index in [1.807, 2.05) is 18.2 Å². The molecule has 1 heterocycles. The minimum absolute atomic E-state index is 0.0550. The molecule has 0 spiro atoms. The maximum absolute atomic E-state index is 9.59. The number of hydrogen-bond donors (Lipinski definition) is 1. The number of nitrogens with zero attached hydrogens (tertiary/aromatic N) is 1. The number of aliphatic hydroxyl groups is 1. The van der Waals surface area contributed by atoms with Crippen LogP contribution >= 0.6 is 23.2 Å². The van der Waals surface area contributed by atoms with Crippen LogP contribution in [0.3, 0.4) is 0 Å². The molecule has 3 rings (SSSR count). The first-order valence-electron chi connectivity index (χ1n) is 8.10. The predicted molar refractivity (Wildman–Crippen MR) is 97.5 cm³/mol. The van der Waals surface area contributed by atoms with Crippen molar-refractivity contribution in [1.82, 2.24) is 4.90 Å². The molecule has 0 saturated carbocycles. The molecule has 1 atom stereocenters. The third kappa shape index (κ3) is 3.93. The largest absolute Gasteiger partial charge is 0.396 e. The normalized spacial score (nSPS) is 21.8. The molecule has 1 aliphatic rings. The van der Waals surface area contributed by atoms with Crippen LogP contribution in [-0.2, 0) is 16.9 Å². The van der Waals surface area contributed by atoms with Gasteiger partial charge >= 0.3 is 0 Å². The van der Waals surface area contributed by atoms with E-state index in [1.54, 1.807) is 6.07 Å². The molecule has 1 fully saturated rings. The van der Waals surface area contributed by atoms with E-state index in [2.05, 4.69) is 29.2 Å². The number of aliphatic hydroxyl groups excluding tert-OH is 1. The second kappa shape index (κ2) is 7.85. The number of benzene rings is 2. The molecule has 0 amide bonds. The molecule has 2 aromatic rings. The summed E-state index contributed by atoms with van der Waals surface area (Å²) in [4.78, 5) is 2.36. The highest BCUT2D eigenvalue weighted by Crippen LogP contribution is 2.36. The van der Waals surface area contributed by atoms with Crippen molar-refractivity contribution in [3.8, 4) is 0 Å². The van der Waals surface area contributed by atoms with Crippen molar-refractivity contribution in [3.63, 3.8) is 0 Å². The Bertz CT molecular complexity index is 676. The molecule has 0 bridgehead atoms. The van der Waals surface area contributed by atoms with Crippen molar-refractivity contribution in [2.24, 2.45) is 0 Å². The second-order valence-electron chi connectivity index (χ2n) is 6.14. The van der Waals surface area contributed by atoms with Crippen LogP contribution < -0.4 is 0 Å². The fourth-order valence-electron chi connectivity index (χ4n) is 3.26. The van der Waals surface area contributed by atoms with Crippen LogP contribution in [0, 0.1) is 0 Å². The molecule has 3 nitrogen and oxygen atoms in total. The molecular formula is C19H21Cl2NO2. The zero-order valence-corrected chi connectivity index (χ0v) is 14.9. The Morgan fingerprint density at radius 3 is 2.58 bits per heavy atom. The Morgan fingerprint density at radius 1 is 1.08 bits per heavy atom. The zero-order chi connectivity index (χ0) is 17.0. The van der Waals surface area contributed by atoms with E-state index in [4.69, 9.17) is 27.9 Å². The van der Waals surface area contributed by atoms with Gasteiger partial charge in [0.05, 0.1) is 16.7 Å². The summed E-state index contributed by atoms with van der Waals surface area (Å²) in [6.45, 7) is 3.11. The number of ether oxygens (including phenoxy) is 1. The molecular weight excluding hydrogens is 345 g/mol. The van der Waals surface area contributed by atoms with Crippen molar-refractivity contribution in [2.45, 2.75) is 18.6 Å². The van der Waals surface area contributed by atoms with Crippen LogP contribution in [0.1, 0.15) is 17.5 Å². The molecule has 1 saturated heterocycles. The molecule has 0 aromatic heterocycles. The predicted octanol–water partition coefficient (Wildman–Crippen LogP) is 4.10. The fraction of sp³-hybridized carbons (Fsp3) is 0.368. The van der Waals surface area contributed by atoms with E-state index >= 15 is 0 Å². The van der Waals surface area contributed by atoms with Crippen molar-refractivity contribution in [2.75, 3.05) is 26.3 Å². The standard InChI is InChI=1S/C19H21Cl2NO2/c20-17-7-6-16(12-18(17)21)19(8-10-23)14-22(9-11-24-19)13-15-4-2-1-3-5-15/h1-7,12,23H,8-11,13-14H2. The highest BCUT2D eigenvalue weighted by Gasteiger charge is 2.38. The van der Waals surface area contributed by atoms with E-state index in [1.165, 1.54) is 5.56 Å². The number of hydrogen-bond acceptors (Lipinski definition) is 3. The van der Waals surface area contributed by atoms with Crippen LogP contribution in [0.15, 0.2) is 48.5 Å². The smallest absolute Gasteiger partial charge is 0.108 e. The van der Waals surface area contributed by atoms with E-state index < -0.39 is 5.60 Å². The average molecular weight is 366 g/mol. The third-order valence-corrected chi connectivity index (χ3v) is 5.21. The minimum atomic E-state index is -0.560. The van der Waals surface area contributed by atoms with Gasteiger partial charge in [-0.05, 0) is 23.3 Å². The van der Waals surface area contributed by atoms with Gasteiger partial charge in [-0.3, -0.25) is 4.90 Å². The minimum Gasteiger partial charge on any atom is -0.396 e. The van der Waals surface area contributed by atoms with Crippen LogP contribution in [0.25, 0.3) is 0 Å². The zero-order valence-electron chi connectivity index (χ0n) is 13.4. The maximum atomic E-state index is 9.59. The summed E-state index contributed by atoms with van der Waals surface area (Å²) < 4.78 is 6.15. The van der Waals surface area contributed by atoms with Gasteiger partial charge in [-0.25, -0.2) is 0 Å². The Balaban J connectivity index is 1.84. The monoisotopic (exact) mass is 365 g/mol. The first-order valence-corrected chi connectivity index (χ1v) is 8.85. The molecule has 0 aliphatic carbocycles. The summed E-state index contributed by atoms with van der Waals surface area (Å²) in [5.41, 5.74) is 1.67. The highest BCUT2D eigenvalue weighted by atomic mass is 35.5. The van der Waals surface area contributed by atoms with E-state index in [0.717, 1.165) is 18.7 Å². The molecule has 2 aromatic carbocycles. The number of morpholine rings is 1. The van der Waals surface area contributed by atoms with Gasteiger partial charge in [-0.15, -0.1) is 0 Å². The fourth-order valence-corrected chi connectivity index (χ4v) is 3.56. The summed E-state index contributed by atoms with van der Waals surface area (Å²) in [5, 5.41) is 10.6. The molecule has 128 valence electrons. The van der Waals surface area contributed by atoms with Crippen molar-refractivity contribution >= 4 is 23.2 Å². The van der Waals surface area contributed by atoms with Gasteiger partial charge in [0.1, 0.15) is 5.60 Å². The molecule has 24 heavy (non-hydrogen) atoms. The van der Waals surface area contributed by atoms with Crippen molar-refractivity contribution in [3.05, 3.63) is 69.7 Å².